The lowest BCUT2D eigenvalue weighted by Crippen LogP contribution is -2.17. The average Bonchev–Trinajstić information content (AvgIpc) is 2.78. The highest BCUT2D eigenvalue weighted by atomic mass is 35.5. The van der Waals surface area contributed by atoms with Crippen molar-refractivity contribution in [3.63, 3.8) is 0 Å². The van der Waals surface area contributed by atoms with Crippen molar-refractivity contribution in [2.45, 2.75) is 4.84 Å². The van der Waals surface area contributed by atoms with Gasteiger partial charge in [0.15, 0.2) is 4.84 Å². The van der Waals surface area contributed by atoms with E-state index in [1.165, 1.54) is 0 Å². The maximum Gasteiger partial charge on any atom is 0.260 e. The van der Waals surface area contributed by atoms with Gasteiger partial charge in [0.25, 0.3) is 5.91 Å². The van der Waals surface area contributed by atoms with Crippen LogP contribution in [0.25, 0.3) is 11.3 Å². The number of carbonyl (C=O) groups excluding carboxylic acids is 1. The van der Waals surface area contributed by atoms with Crippen LogP contribution in [0.4, 0.5) is 5.88 Å². The molecular weight excluding hydrogens is 263 g/mol. The number of nitrogens with one attached hydrogen (secondary N) is 1. The lowest BCUT2D eigenvalue weighted by molar-refractivity contribution is -0.114. The first-order chi connectivity index (χ1) is 8.16. The molecule has 0 spiro atoms. The molecule has 0 radical (unpaired) electrons. The number of carbonyl (C=O) groups is 1. The summed E-state index contributed by atoms with van der Waals surface area (Å²) in [6.07, 6.45) is 0. The van der Waals surface area contributed by atoms with Crippen molar-refractivity contribution in [2.75, 3.05) is 5.32 Å². The second-order valence-corrected chi connectivity index (χ2v) is 4.33. The van der Waals surface area contributed by atoms with Gasteiger partial charge in [0.2, 0.25) is 5.88 Å². The van der Waals surface area contributed by atoms with Crippen LogP contribution in [-0.4, -0.2) is 15.9 Å². The molecule has 17 heavy (non-hydrogen) atoms. The molecule has 1 amide bonds. The number of halogens is 2. The molecule has 1 aromatic heterocycles. The maximum absolute atomic E-state index is 11.2. The highest BCUT2D eigenvalue weighted by molar-refractivity contribution is 6.54. The summed E-state index contributed by atoms with van der Waals surface area (Å²) in [5.41, 5.74) is 1.52. The van der Waals surface area contributed by atoms with E-state index in [-0.39, 0.29) is 5.88 Å². The zero-order valence-electron chi connectivity index (χ0n) is 8.56. The van der Waals surface area contributed by atoms with Crippen molar-refractivity contribution in [1.82, 2.24) is 5.16 Å². The zero-order chi connectivity index (χ0) is 12.3. The smallest absolute Gasteiger partial charge is 0.260 e. The van der Waals surface area contributed by atoms with Crippen LogP contribution in [-0.2, 0) is 4.79 Å². The Morgan fingerprint density at radius 1 is 1.29 bits per heavy atom. The van der Waals surface area contributed by atoms with Gasteiger partial charge in [-0.15, -0.1) is 0 Å². The summed E-state index contributed by atoms with van der Waals surface area (Å²) in [7, 11) is 0. The number of benzene rings is 1. The lowest BCUT2D eigenvalue weighted by Gasteiger charge is -1.98. The van der Waals surface area contributed by atoms with Crippen LogP contribution in [0.5, 0.6) is 0 Å². The van der Waals surface area contributed by atoms with Gasteiger partial charge in [0.1, 0.15) is 5.69 Å². The number of anilines is 1. The molecule has 0 aliphatic heterocycles. The third-order valence-electron chi connectivity index (χ3n) is 2.02. The number of hydrogen-bond donors (Lipinski definition) is 1. The first kappa shape index (κ1) is 12.0. The molecule has 0 aliphatic rings. The van der Waals surface area contributed by atoms with E-state index < -0.39 is 10.7 Å². The van der Waals surface area contributed by atoms with Gasteiger partial charge in [-0.25, -0.2) is 0 Å². The summed E-state index contributed by atoms with van der Waals surface area (Å²) >= 11 is 10.8. The number of hydrogen-bond acceptors (Lipinski definition) is 3. The predicted molar refractivity (Wildman–Crippen MR) is 66.1 cm³/mol. The topological polar surface area (TPSA) is 55.1 Å². The summed E-state index contributed by atoms with van der Waals surface area (Å²) in [4.78, 5) is 10.1. The van der Waals surface area contributed by atoms with E-state index in [2.05, 4.69) is 10.5 Å². The van der Waals surface area contributed by atoms with Gasteiger partial charge in [-0.3, -0.25) is 10.1 Å². The minimum absolute atomic E-state index is 0.208. The second-order valence-electron chi connectivity index (χ2n) is 3.23. The van der Waals surface area contributed by atoms with E-state index in [0.29, 0.717) is 5.69 Å². The molecule has 1 aromatic carbocycles. The number of amides is 1. The maximum atomic E-state index is 11.2. The normalized spacial score (nSPS) is 10.5. The Kier molecular flexibility index (Phi) is 3.66. The van der Waals surface area contributed by atoms with E-state index in [4.69, 9.17) is 27.7 Å². The fourth-order valence-electron chi connectivity index (χ4n) is 1.26. The molecule has 88 valence electrons. The first-order valence-corrected chi connectivity index (χ1v) is 5.65. The number of alkyl halides is 2. The summed E-state index contributed by atoms with van der Waals surface area (Å²) in [6.45, 7) is 0. The Morgan fingerprint density at radius 3 is 2.65 bits per heavy atom. The van der Waals surface area contributed by atoms with E-state index in [9.17, 15) is 4.79 Å². The van der Waals surface area contributed by atoms with E-state index in [1.807, 2.05) is 30.3 Å². The highest BCUT2D eigenvalue weighted by Crippen LogP contribution is 2.21. The summed E-state index contributed by atoms with van der Waals surface area (Å²) < 4.78 is 4.94. The van der Waals surface area contributed by atoms with Gasteiger partial charge in [0.05, 0.1) is 0 Å². The van der Waals surface area contributed by atoms with Crippen LogP contribution < -0.4 is 5.32 Å². The molecule has 4 nitrogen and oxygen atoms in total. The van der Waals surface area contributed by atoms with Crippen molar-refractivity contribution in [1.29, 1.82) is 0 Å². The van der Waals surface area contributed by atoms with Crippen molar-refractivity contribution in [3.05, 3.63) is 36.4 Å². The Labute approximate surface area is 108 Å². The van der Waals surface area contributed by atoms with Crippen molar-refractivity contribution < 1.29 is 9.32 Å². The fourth-order valence-corrected chi connectivity index (χ4v) is 1.36. The summed E-state index contributed by atoms with van der Waals surface area (Å²) in [6, 6.07) is 11.0. The van der Waals surface area contributed by atoms with Gasteiger partial charge in [-0.2, -0.15) is 0 Å². The van der Waals surface area contributed by atoms with Crippen LogP contribution in [0.2, 0.25) is 0 Å². The molecular formula is C11H8Cl2N2O2. The molecule has 0 atom stereocenters. The highest BCUT2D eigenvalue weighted by Gasteiger charge is 2.14. The summed E-state index contributed by atoms with van der Waals surface area (Å²) in [5.74, 6) is -0.343. The third-order valence-corrected chi connectivity index (χ3v) is 2.42. The first-order valence-electron chi connectivity index (χ1n) is 4.78. The Bertz CT molecular complexity index is 511. The Balaban J connectivity index is 2.14. The van der Waals surface area contributed by atoms with E-state index in [0.717, 1.165) is 5.56 Å². The molecule has 0 unspecified atom stereocenters. The van der Waals surface area contributed by atoms with Crippen LogP contribution in [0, 0.1) is 0 Å². The van der Waals surface area contributed by atoms with E-state index in [1.54, 1.807) is 6.07 Å². The van der Waals surface area contributed by atoms with Crippen molar-refractivity contribution in [2.24, 2.45) is 0 Å². The average molecular weight is 271 g/mol. The molecule has 1 heterocycles. The molecule has 6 heteroatoms. The number of aromatic nitrogens is 1. The van der Waals surface area contributed by atoms with Gasteiger partial charge in [0, 0.05) is 11.6 Å². The molecule has 2 aromatic rings. The molecule has 0 fully saturated rings. The van der Waals surface area contributed by atoms with Gasteiger partial charge in [-0.1, -0.05) is 58.7 Å². The minimum atomic E-state index is -1.14. The van der Waals surface area contributed by atoms with Crippen LogP contribution in [0.15, 0.2) is 40.9 Å². The van der Waals surface area contributed by atoms with Crippen molar-refractivity contribution >= 4 is 35.0 Å². The Hall–Kier alpha value is -1.52. The predicted octanol–water partition coefficient (Wildman–Crippen LogP) is 3.08. The standard InChI is InChI=1S/C11H8Cl2N2O2/c12-10(13)11(16)14-9-6-8(15-17-9)7-4-2-1-3-5-7/h1-6,10H,(H,14,16). The van der Waals surface area contributed by atoms with Crippen molar-refractivity contribution in [3.8, 4) is 11.3 Å². The molecule has 1 N–H and O–H groups in total. The quantitative estimate of drug-likeness (QED) is 0.873. The fraction of sp³-hybridized carbons (Fsp3) is 0.0909. The van der Waals surface area contributed by atoms with Gasteiger partial charge < -0.3 is 4.52 Å². The third kappa shape index (κ3) is 2.99. The number of nitrogens with zero attached hydrogens (tertiary/aromatic N) is 1. The molecule has 0 saturated carbocycles. The zero-order valence-corrected chi connectivity index (χ0v) is 10.1. The molecule has 0 bridgehead atoms. The van der Waals surface area contributed by atoms with Crippen LogP contribution >= 0.6 is 23.2 Å². The van der Waals surface area contributed by atoms with Gasteiger partial charge in [-0.05, 0) is 0 Å². The lowest BCUT2D eigenvalue weighted by atomic mass is 10.2. The monoisotopic (exact) mass is 270 g/mol. The van der Waals surface area contributed by atoms with E-state index >= 15 is 0 Å². The van der Waals surface area contributed by atoms with Gasteiger partial charge >= 0.3 is 0 Å². The largest absolute Gasteiger partial charge is 0.338 e. The molecule has 0 aliphatic carbocycles. The molecule has 2 rings (SSSR count). The number of rotatable bonds is 3. The minimum Gasteiger partial charge on any atom is -0.338 e. The second kappa shape index (κ2) is 5.21. The molecule has 0 saturated heterocycles. The SMILES string of the molecule is O=C(Nc1cc(-c2ccccc2)no1)C(Cl)Cl. The summed E-state index contributed by atoms with van der Waals surface area (Å²) in [5, 5.41) is 6.22. The van der Waals surface area contributed by atoms with Crippen LogP contribution in [0.1, 0.15) is 0 Å². The van der Waals surface area contributed by atoms with Crippen LogP contribution in [0.3, 0.4) is 0 Å². The Morgan fingerprint density at radius 2 is 2.00 bits per heavy atom.